The second-order valence-electron chi connectivity index (χ2n) is 6.80. The van der Waals surface area contributed by atoms with Gasteiger partial charge in [0.1, 0.15) is 5.58 Å². The molecule has 1 saturated carbocycles. The number of hydrogen-bond donors (Lipinski definition) is 2. The number of fused-ring (bicyclic) bond motifs is 2. The average molecular weight is 334 g/mol. The van der Waals surface area contributed by atoms with Gasteiger partial charge in [-0.25, -0.2) is 0 Å². The van der Waals surface area contributed by atoms with Crippen LogP contribution >= 0.6 is 11.6 Å². The van der Waals surface area contributed by atoms with E-state index in [9.17, 15) is 9.90 Å². The number of piperidine rings is 1. The molecule has 1 aliphatic carbocycles. The van der Waals surface area contributed by atoms with E-state index in [0.29, 0.717) is 28.1 Å². The highest BCUT2D eigenvalue weighted by Gasteiger charge is 2.46. The van der Waals surface area contributed by atoms with Crippen molar-refractivity contribution in [3.63, 3.8) is 0 Å². The number of halogens is 1. The Labute approximate surface area is 139 Å². The highest BCUT2D eigenvalue weighted by molar-refractivity contribution is 6.31. The Morgan fingerprint density at radius 1 is 1.30 bits per heavy atom. The van der Waals surface area contributed by atoms with E-state index in [2.05, 4.69) is 5.32 Å². The van der Waals surface area contributed by atoms with Crippen molar-refractivity contribution < 1.29 is 9.52 Å². The summed E-state index contributed by atoms with van der Waals surface area (Å²) in [6.07, 6.45) is 6.20. The monoisotopic (exact) mass is 333 g/mol. The molecule has 2 aromatic rings. The van der Waals surface area contributed by atoms with Crippen LogP contribution in [0.15, 0.2) is 33.7 Å². The molecule has 3 atom stereocenters. The molecule has 2 fully saturated rings. The van der Waals surface area contributed by atoms with Crippen LogP contribution in [0.2, 0.25) is 5.02 Å². The minimum absolute atomic E-state index is 0.0546. The molecule has 122 valence electrons. The maximum atomic E-state index is 12.9. The van der Waals surface area contributed by atoms with Crippen LogP contribution in [0.4, 0.5) is 0 Å². The van der Waals surface area contributed by atoms with Crippen molar-refractivity contribution >= 4 is 22.6 Å². The van der Waals surface area contributed by atoms with Crippen LogP contribution in [-0.2, 0) is 0 Å². The maximum absolute atomic E-state index is 12.9. The van der Waals surface area contributed by atoms with E-state index in [0.717, 1.165) is 32.1 Å². The minimum Gasteiger partial charge on any atom is -0.464 e. The first-order valence-corrected chi connectivity index (χ1v) is 8.63. The molecule has 0 unspecified atom stereocenters. The van der Waals surface area contributed by atoms with Gasteiger partial charge in [0.15, 0.2) is 5.43 Å². The first-order valence-electron chi connectivity index (χ1n) is 8.25. The van der Waals surface area contributed by atoms with Crippen LogP contribution in [0.5, 0.6) is 0 Å². The van der Waals surface area contributed by atoms with Gasteiger partial charge < -0.3 is 14.8 Å². The zero-order valence-corrected chi connectivity index (χ0v) is 13.6. The molecule has 2 aliphatic rings. The first-order chi connectivity index (χ1) is 11.1. The summed E-state index contributed by atoms with van der Waals surface area (Å²) in [5.74, 6) is 0.0598. The lowest BCUT2D eigenvalue weighted by Gasteiger charge is -2.48. The molecular weight excluding hydrogens is 314 g/mol. The van der Waals surface area contributed by atoms with Gasteiger partial charge in [-0.1, -0.05) is 24.4 Å². The quantitative estimate of drug-likeness (QED) is 0.839. The van der Waals surface area contributed by atoms with Gasteiger partial charge >= 0.3 is 0 Å². The molecule has 1 aromatic heterocycles. The smallest absolute Gasteiger partial charge is 0.197 e. The molecular formula is C18H20ClNO3. The molecule has 0 radical (unpaired) electrons. The molecule has 0 bridgehead atoms. The predicted molar refractivity (Wildman–Crippen MR) is 89.8 cm³/mol. The topological polar surface area (TPSA) is 62.5 Å². The van der Waals surface area contributed by atoms with Crippen molar-refractivity contribution in [2.24, 2.45) is 5.92 Å². The summed E-state index contributed by atoms with van der Waals surface area (Å²) in [7, 11) is 0. The molecule has 5 heteroatoms. The zero-order valence-electron chi connectivity index (χ0n) is 12.8. The summed E-state index contributed by atoms with van der Waals surface area (Å²) in [5, 5.41) is 15.4. The van der Waals surface area contributed by atoms with Gasteiger partial charge in [0, 0.05) is 17.0 Å². The number of nitrogens with one attached hydrogen (secondary N) is 1. The van der Waals surface area contributed by atoms with Gasteiger partial charge in [0.2, 0.25) is 0 Å². The third-order valence-electron chi connectivity index (χ3n) is 5.49. The number of aliphatic hydroxyl groups is 1. The third kappa shape index (κ3) is 2.49. The summed E-state index contributed by atoms with van der Waals surface area (Å²) in [6.45, 7) is 0.713. The summed E-state index contributed by atoms with van der Waals surface area (Å²) in [6, 6.07) is 4.93. The average Bonchev–Trinajstić information content (AvgIpc) is 2.55. The molecule has 1 aromatic carbocycles. The van der Waals surface area contributed by atoms with Crippen molar-refractivity contribution in [2.75, 3.05) is 6.54 Å². The fourth-order valence-electron chi connectivity index (χ4n) is 4.28. The Kier molecular flexibility index (Phi) is 3.71. The van der Waals surface area contributed by atoms with Crippen LogP contribution in [0, 0.1) is 5.92 Å². The predicted octanol–water partition coefficient (Wildman–Crippen LogP) is 3.40. The van der Waals surface area contributed by atoms with Crippen molar-refractivity contribution in [1.82, 2.24) is 5.32 Å². The molecule has 1 saturated heterocycles. The van der Waals surface area contributed by atoms with Crippen LogP contribution in [0.25, 0.3) is 11.0 Å². The van der Waals surface area contributed by atoms with E-state index < -0.39 is 5.60 Å². The Balaban J connectivity index is 1.82. The largest absolute Gasteiger partial charge is 0.464 e. The molecule has 1 aliphatic heterocycles. The Morgan fingerprint density at radius 2 is 2.17 bits per heavy atom. The highest BCUT2D eigenvalue weighted by atomic mass is 35.5. The van der Waals surface area contributed by atoms with Crippen LogP contribution in [0.3, 0.4) is 0 Å². The number of hydrogen-bond acceptors (Lipinski definition) is 4. The Hall–Kier alpha value is -1.36. The zero-order chi connectivity index (χ0) is 16.0. The second-order valence-corrected chi connectivity index (χ2v) is 7.23. The summed E-state index contributed by atoms with van der Waals surface area (Å²) < 4.78 is 5.66. The van der Waals surface area contributed by atoms with Crippen LogP contribution < -0.4 is 10.7 Å². The fourth-order valence-corrected chi connectivity index (χ4v) is 4.45. The Bertz CT molecular complexity index is 798. The molecule has 4 nitrogen and oxygen atoms in total. The molecule has 0 amide bonds. The summed E-state index contributed by atoms with van der Waals surface area (Å²) in [5.41, 5.74) is 0.424. The fraction of sp³-hybridized carbons (Fsp3) is 0.500. The first kappa shape index (κ1) is 15.2. The molecule has 2 N–H and O–H groups in total. The van der Waals surface area contributed by atoms with Gasteiger partial charge in [-0.05, 0) is 44.0 Å². The van der Waals surface area contributed by atoms with Gasteiger partial charge in [-0.3, -0.25) is 4.79 Å². The van der Waals surface area contributed by atoms with E-state index in [-0.39, 0.29) is 17.4 Å². The van der Waals surface area contributed by atoms with Gasteiger partial charge in [-0.2, -0.15) is 0 Å². The maximum Gasteiger partial charge on any atom is 0.197 e. The summed E-state index contributed by atoms with van der Waals surface area (Å²) >= 11 is 6.03. The lowest BCUT2D eigenvalue weighted by molar-refractivity contribution is -0.0864. The van der Waals surface area contributed by atoms with Crippen molar-refractivity contribution in [2.45, 2.75) is 43.7 Å². The highest BCUT2D eigenvalue weighted by Crippen LogP contribution is 2.45. The van der Waals surface area contributed by atoms with Gasteiger partial charge in [0.25, 0.3) is 0 Å². The van der Waals surface area contributed by atoms with Crippen LogP contribution in [0.1, 0.15) is 43.7 Å². The minimum atomic E-state index is -0.663. The van der Waals surface area contributed by atoms with Crippen molar-refractivity contribution in [3.8, 4) is 0 Å². The standard InChI is InChI=1S/C18H20ClNO3/c19-11-4-5-15-12(9-11)17(21)13(10-23-15)16-14-3-1-2-6-18(14,22)7-8-20-16/h4-5,9-10,14,16,20,22H,1-3,6-8H2/t14-,16+,18-/m1/s1. The van der Waals surface area contributed by atoms with E-state index in [1.165, 1.54) is 0 Å². The third-order valence-corrected chi connectivity index (χ3v) is 5.72. The van der Waals surface area contributed by atoms with Gasteiger partial charge in [0.05, 0.1) is 22.8 Å². The number of rotatable bonds is 1. The molecule has 0 spiro atoms. The van der Waals surface area contributed by atoms with Gasteiger partial charge in [-0.15, -0.1) is 0 Å². The normalized spacial score (nSPS) is 31.0. The van der Waals surface area contributed by atoms with E-state index in [1.807, 2.05) is 0 Å². The van der Waals surface area contributed by atoms with Crippen molar-refractivity contribution in [3.05, 3.63) is 45.3 Å². The molecule has 2 heterocycles. The number of benzene rings is 1. The second kappa shape index (κ2) is 5.62. The SMILES string of the molecule is O=c1c([C@@H]2NCC[C@]3(O)CCCC[C@H]23)coc2ccc(Cl)cc12. The lowest BCUT2D eigenvalue weighted by Crippen LogP contribution is -2.54. The molecule has 23 heavy (non-hydrogen) atoms. The Morgan fingerprint density at radius 3 is 3.04 bits per heavy atom. The van der Waals surface area contributed by atoms with E-state index in [1.54, 1.807) is 24.5 Å². The van der Waals surface area contributed by atoms with E-state index in [4.69, 9.17) is 16.0 Å². The lowest BCUT2D eigenvalue weighted by atomic mass is 9.67. The molecule has 4 rings (SSSR count). The van der Waals surface area contributed by atoms with Crippen LogP contribution in [-0.4, -0.2) is 17.3 Å². The summed E-state index contributed by atoms with van der Waals surface area (Å²) in [4.78, 5) is 12.9. The van der Waals surface area contributed by atoms with E-state index >= 15 is 0 Å². The van der Waals surface area contributed by atoms with Crippen molar-refractivity contribution in [1.29, 1.82) is 0 Å².